The van der Waals surface area contributed by atoms with Gasteiger partial charge in [0.1, 0.15) is 17.3 Å². The van der Waals surface area contributed by atoms with Crippen molar-refractivity contribution in [1.29, 1.82) is 0 Å². The molecule has 0 aromatic heterocycles. The molecule has 29 heavy (non-hydrogen) atoms. The predicted octanol–water partition coefficient (Wildman–Crippen LogP) is 3.06. The van der Waals surface area contributed by atoms with Gasteiger partial charge in [0.15, 0.2) is 5.11 Å². The van der Waals surface area contributed by atoms with Crippen LogP contribution in [0.1, 0.15) is 25.0 Å². The molecule has 0 saturated heterocycles. The normalized spacial score (nSPS) is 15.5. The molecule has 0 fully saturated rings. The summed E-state index contributed by atoms with van der Waals surface area (Å²) in [4.78, 5) is 18.9. The highest BCUT2D eigenvalue weighted by Gasteiger charge is 2.28. The Bertz CT molecular complexity index is 1020. The van der Waals surface area contributed by atoms with Gasteiger partial charge in [-0.05, 0) is 67.5 Å². The van der Waals surface area contributed by atoms with Crippen molar-refractivity contribution in [3.05, 3.63) is 65.4 Å². The van der Waals surface area contributed by atoms with E-state index in [0.29, 0.717) is 11.5 Å². The van der Waals surface area contributed by atoms with Gasteiger partial charge in [0.2, 0.25) is 0 Å². The van der Waals surface area contributed by atoms with Crippen LogP contribution >= 0.6 is 12.2 Å². The second-order valence-corrected chi connectivity index (χ2v) is 6.76. The van der Waals surface area contributed by atoms with Crippen LogP contribution in [0.4, 0.5) is 5.69 Å². The first kappa shape index (κ1) is 20.2. The molecule has 1 amide bonds. The number of carbonyl (C=O) groups excluding carboxylic acids is 1. The third-order valence-electron chi connectivity index (χ3n) is 4.32. The van der Waals surface area contributed by atoms with Gasteiger partial charge in [0, 0.05) is 0 Å². The van der Waals surface area contributed by atoms with Gasteiger partial charge < -0.3 is 10.5 Å². The molecule has 0 radical (unpaired) electrons. The topological polar surface area (TPSA) is 92.3 Å². The van der Waals surface area contributed by atoms with E-state index >= 15 is 0 Å². The number of anilines is 1. The Morgan fingerprint density at radius 2 is 1.86 bits per heavy atom. The number of nitrogens with two attached hydrogens (primary N) is 1. The minimum absolute atomic E-state index is 0.103. The van der Waals surface area contributed by atoms with Gasteiger partial charge >= 0.3 is 0 Å². The number of ether oxygens (including phenoxy) is 1. The fourth-order valence-corrected chi connectivity index (χ4v) is 2.89. The Hall–Kier alpha value is -3.52. The average molecular weight is 407 g/mol. The Balaban J connectivity index is 1.80. The molecule has 0 bridgehead atoms. The summed E-state index contributed by atoms with van der Waals surface area (Å²) in [7, 11) is 1.61. The predicted molar refractivity (Wildman–Crippen MR) is 120 cm³/mol. The number of amides is 1. The number of nitrogens with one attached hydrogen (secondary N) is 1. The zero-order valence-electron chi connectivity index (χ0n) is 16.3. The van der Waals surface area contributed by atoms with E-state index in [1.165, 1.54) is 0 Å². The van der Waals surface area contributed by atoms with Gasteiger partial charge in [-0.15, -0.1) is 0 Å². The molecular weight excluding hydrogens is 386 g/mol. The highest BCUT2D eigenvalue weighted by molar-refractivity contribution is 7.80. The number of methoxy groups -OCH3 is 1. The van der Waals surface area contributed by atoms with Crippen molar-refractivity contribution in [1.82, 2.24) is 5.43 Å². The SMILES string of the molecule is COc1ccc(/C=C2/N=C(C)N(c3ccc(/C(C)=N/NC(N)=S)cc3)C2=O)cc1. The lowest BCUT2D eigenvalue weighted by Crippen LogP contribution is -2.30. The molecule has 0 atom stereocenters. The third-order valence-corrected chi connectivity index (χ3v) is 4.42. The van der Waals surface area contributed by atoms with Crippen LogP contribution in [0.5, 0.6) is 5.75 Å². The molecule has 1 aliphatic rings. The molecule has 7 nitrogen and oxygen atoms in total. The second-order valence-electron chi connectivity index (χ2n) is 6.32. The van der Waals surface area contributed by atoms with Crippen molar-refractivity contribution < 1.29 is 9.53 Å². The number of hydrogen-bond acceptors (Lipinski definition) is 5. The van der Waals surface area contributed by atoms with Gasteiger partial charge in [-0.1, -0.05) is 24.3 Å². The molecule has 1 aliphatic heterocycles. The van der Waals surface area contributed by atoms with Crippen LogP contribution in [0.15, 0.2) is 64.3 Å². The number of hydrogen-bond donors (Lipinski definition) is 2. The van der Waals surface area contributed by atoms with Crippen LogP contribution in [-0.2, 0) is 4.79 Å². The molecule has 8 heteroatoms. The molecule has 3 rings (SSSR count). The number of nitrogens with zero attached hydrogens (tertiary/aromatic N) is 3. The number of benzene rings is 2. The fraction of sp³-hybridized carbons (Fsp3) is 0.143. The number of hydrazone groups is 1. The molecule has 0 saturated carbocycles. The van der Waals surface area contributed by atoms with E-state index in [-0.39, 0.29) is 11.0 Å². The summed E-state index contributed by atoms with van der Waals surface area (Å²) in [6.45, 7) is 3.64. The maximum Gasteiger partial charge on any atom is 0.282 e. The minimum Gasteiger partial charge on any atom is -0.497 e. The van der Waals surface area contributed by atoms with Crippen molar-refractivity contribution in [2.75, 3.05) is 12.0 Å². The van der Waals surface area contributed by atoms with Crippen LogP contribution in [0.3, 0.4) is 0 Å². The summed E-state index contributed by atoms with van der Waals surface area (Å²) in [5, 5.41) is 4.20. The maximum absolute atomic E-state index is 12.9. The fourth-order valence-electron chi connectivity index (χ4n) is 2.84. The lowest BCUT2D eigenvalue weighted by molar-refractivity contribution is -0.113. The second kappa shape index (κ2) is 8.66. The van der Waals surface area contributed by atoms with E-state index in [0.717, 1.165) is 28.3 Å². The standard InChI is InChI=1S/C21H21N5O2S/c1-13(24-25-21(22)29)16-6-8-17(9-7-16)26-14(2)23-19(20(26)27)12-15-4-10-18(28-3)11-5-15/h4-12H,1-3H3,(H3,22,25,29)/b19-12+,24-13+. The first-order valence-electron chi connectivity index (χ1n) is 8.84. The van der Waals surface area contributed by atoms with Crippen LogP contribution in [0, 0.1) is 0 Å². The van der Waals surface area contributed by atoms with Gasteiger partial charge in [-0.3, -0.25) is 15.1 Å². The number of amidine groups is 1. The molecule has 3 N–H and O–H groups in total. The van der Waals surface area contributed by atoms with E-state index in [4.69, 9.17) is 22.7 Å². The van der Waals surface area contributed by atoms with Crippen molar-refractivity contribution in [3.8, 4) is 5.75 Å². The van der Waals surface area contributed by atoms with Gasteiger partial charge in [0.05, 0.1) is 18.5 Å². The summed E-state index contributed by atoms with van der Waals surface area (Å²) in [5.41, 5.74) is 11.5. The molecule has 148 valence electrons. The highest BCUT2D eigenvalue weighted by Crippen LogP contribution is 2.26. The van der Waals surface area contributed by atoms with E-state index < -0.39 is 0 Å². The molecule has 1 heterocycles. The highest BCUT2D eigenvalue weighted by atomic mass is 32.1. The van der Waals surface area contributed by atoms with E-state index in [9.17, 15) is 4.79 Å². The van der Waals surface area contributed by atoms with Crippen LogP contribution in [0.25, 0.3) is 6.08 Å². The van der Waals surface area contributed by atoms with Crippen LogP contribution < -0.4 is 20.8 Å². The minimum atomic E-state index is -0.174. The Morgan fingerprint density at radius 3 is 2.45 bits per heavy atom. The quantitative estimate of drug-likeness (QED) is 0.344. The lowest BCUT2D eigenvalue weighted by atomic mass is 10.1. The first-order valence-corrected chi connectivity index (χ1v) is 9.25. The van der Waals surface area contributed by atoms with Gasteiger partial charge in [0.25, 0.3) is 5.91 Å². The van der Waals surface area contributed by atoms with Crippen molar-refractivity contribution in [3.63, 3.8) is 0 Å². The van der Waals surface area contributed by atoms with Crippen LogP contribution in [-0.4, -0.2) is 29.7 Å². The van der Waals surface area contributed by atoms with E-state index in [1.54, 1.807) is 25.0 Å². The number of rotatable bonds is 5. The molecule has 2 aromatic rings. The Morgan fingerprint density at radius 1 is 1.21 bits per heavy atom. The Labute approximate surface area is 174 Å². The summed E-state index contributed by atoms with van der Waals surface area (Å²) < 4.78 is 5.16. The monoisotopic (exact) mass is 407 g/mol. The third kappa shape index (κ3) is 4.67. The van der Waals surface area contributed by atoms with Gasteiger partial charge in [-0.2, -0.15) is 5.10 Å². The lowest BCUT2D eigenvalue weighted by Gasteiger charge is -2.16. The van der Waals surface area contributed by atoms with Crippen LogP contribution in [0.2, 0.25) is 0 Å². The molecule has 0 aliphatic carbocycles. The summed E-state index contributed by atoms with van der Waals surface area (Å²) in [6, 6.07) is 14.9. The summed E-state index contributed by atoms with van der Waals surface area (Å²) in [6.07, 6.45) is 1.76. The average Bonchev–Trinajstić information content (AvgIpc) is 2.99. The molecule has 0 spiro atoms. The molecular formula is C21H21N5O2S. The zero-order chi connectivity index (χ0) is 21.0. The molecule has 2 aromatic carbocycles. The van der Waals surface area contributed by atoms with E-state index in [2.05, 4.69) is 15.5 Å². The Kier molecular flexibility index (Phi) is 6.04. The molecule has 0 unspecified atom stereocenters. The number of thiocarbonyl (C=S) groups is 1. The van der Waals surface area contributed by atoms with Crippen molar-refractivity contribution in [2.45, 2.75) is 13.8 Å². The summed E-state index contributed by atoms with van der Waals surface area (Å²) in [5.74, 6) is 1.20. The smallest absolute Gasteiger partial charge is 0.282 e. The first-order chi connectivity index (χ1) is 13.9. The van der Waals surface area contributed by atoms with Crippen molar-refractivity contribution in [2.24, 2.45) is 15.8 Å². The number of aliphatic imine (C=N–C) groups is 1. The van der Waals surface area contributed by atoms with Crippen molar-refractivity contribution >= 4 is 46.5 Å². The summed E-state index contributed by atoms with van der Waals surface area (Å²) >= 11 is 4.74. The zero-order valence-corrected chi connectivity index (χ0v) is 17.2. The number of carbonyl (C=O) groups is 1. The maximum atomic E-state index is 12.9. The van der Waals surface area contributed by atoms with E-state index in [1.807, 2.05) is 55.5 Å². The van der Waals surface area contributed by atoms with Gasteiger partial charge in [-0.25, -0.2) is 4.99 Å². The largest absolute Gasteiger partial charge is 0.497 e.